The van der Waals surface area contributed by atoms with Crippen LogP contribution in [0.4, 0.5) is 8.78 Å². The summed E-state index contributed by atoms with van der Waals surface area (Å²) in [6.45, 7) is 0.0324. The summed E-state index contributed by atoms with van der Waals surface area (Å²) in [4.78, 5) is 2.48. The van der Waals surface area contributed by atoms with Gasteiger partial charge in [-0.25, -0.2) is 8.78 Å². The first-order chi connectivity index (χ1) is 5.64. The molecule has 6 heteroatoms. The minimum absolute atomic E-state index is 0.00785. The van der Waals surface area contributed by atoms with E-state index in [0.29, 0.717) is 0 Å². The molecule has 0 aromatic heterocycles. The molecule has 1 saturated heterocycles. The zero-order valence-electron chi connectivity index (χ0n) is 6.41. The lowest BCUT2D eigenvalue weighted by molar-refractivity contribution is -0.124. The lowest BCUT2D eigenvalue weighted by Crippen LogP contribution is -2.35. The summed E-state index contributed by atoms with van der Waals surface area (Å²) in [7, 11) is 0. The Hall–Kier alpha value is -0.870. The lowest BCUT2D eigenvalue weighted by Gasteiger charge is -2.28. The van der Waals surface area contributed by atoms with E-state index in [0.717, 1.165) is 0 Å². The molecule has 0 amide bonds. The van der Waals surface area contributed by atoms with Crippen LogP contribution in [-0.4, -0.2) is 25.2 Å². The Bertz CT molecular complexity index is 203. The SMILES string of the molecule is [N-]=[N+]=NC[C@@H]1CC(F)(F)CCO1. The minimum Gasteiger partial charge on any atom is -0.378 e. The first-order valence-electron chi connectivity index (χ1n) is 3.64. The van der Waals surface area contributed by atoms with Crippen molar-refractivity contribution in [2.75, 3.05) is 13.2 Å². The maximum atomic E-state index is 12.7. The molecule has 1 aliphatic heterocycles. The molecule has 0 aromatic carbocycles. The molecule has 0 unspecified atom stereocenters. The third-order valence-electron chi connectivity index (χ3n) is 1.70. The third kappa shape index (κ3) is 2.64. The van der Waals surface area contributed by atoms with Crippen LogP contribution in [-0.2, 0) is 4.74 Å². The molecule has 0 bridgehead atoms. The molecule has 0 aromatic rings. The third-order valence-corrected chi connectivity index (χ3v) is 1.70. The van der Waals surface area contributed by atoms with Crippen molar-refractivity contribution in [1.82, 2.24) is 0 Å². The molecule has 1 heterocycles. The second-order valence-electron chi connectivity index (χ2n) is 2.72. The number of hydrogen-bond donors (Lipinski definition) is 0. The van der Waals surface area contributed by atoms with Gasteiger partial charge in [0.05, 0.1) is 19.3 Å². The summed E-state index contributed by atoms with van der Waals surface area (Å²) in [5.74, 6) is -2.66. The second kappa shape index (κ2) is 3.69. The van der Waals surface area contributed by atoms with Gasteiger partial charge in [0.1, 0.15) is 0 Å². The molecule has 12 heavy (non-hydrogen) atoms. The van der Waals surface area contributed by atoms with Crippen LogP contribution in [0, 0.1) is 0 Å². The standard InChI is InChI=1S/C6H9F2N3O/c7-6(8)1-2-12-5(3-6)4-10-11-9/h5H,1-4H2/t5-/m0/s1. The van der Waals surface area contributed by atoms with Crippen LogP contribution in [0.1, 0.15) is 12.8 Å². The highest BCUT2D eigenvalue weighted by Crippen LogP contribution is 2.29. The van der Waals surface area contributed by atoms with Gasteiger partial charge in [0.2, 0.25) is 0 Å². The fraction of sp³-hybridized carbons (Fsp3) is 1.00. The van der Waals surface area contributed by atoms with Gasteiger partial charge in [-0.2, -0.15) is 0 Å². The number of hydrogen-bond acceptors (Lipinski definition) is 2. The van der Waals surface area contributed by atoms with E-state index in [1.807, 2.05) is 0 Å². The fourth-order valence-electron chi connectivity index (χ4n) is 1.11. The van der Waals surface area contributed by atoms with Crippen LogP contribution >= 0.6 is 0 Å². The monoisotopic (exact) mass is 177 g/mol. The van der Waals surface area contributed by atoms with Crippen LogP contribution in [0.2, 0.25) is 0 Å². The van der Waals surface area contributed by atoms with E-state index in [1.54, 1.807) is 0 Å². The van der Waals surface area contributed by atoms with Crippen molar-refractivity contribution in [3.8, 4) is 0 Å². The quantitative estimate of drug-likeness (QED) is 0.362. The number of ether oxygens (including phenoxy) is 1. The predicted octanol–water partition coefficient (Wildman–Crippen LogP) is 2.11. The van der Waals surface area contributed by atoms with Crippen molar-refractivity contribution in [1.29, 1.82) is 0 Å². The second-order valence-corrected chi connectivity index (χ2v) is 2.72. The summed E-state index contributed by atoms with van der Waals surface area (Å²) in [6.07, 6.45) is -1.20. The van der Waals surface area contributed by atoms with E-state index in [1.165, 1.54) is 0 Å². The summed E-state index contributed by atoms with van der Waals surface area (Å²) in [5.41, 5.74) is 7.94. The van der Waals surface area contributed by atoms with Crippen LogP contribution in [0.5, 0.6) is 0 Å². The first-order valence-corrected chi connectivity index (χ1v) is 3.64. The van der Waals surface area contributed by atoms with Gasteiger partial charge >= 0.3 is 0 Å². The Morgan fingerprint density at radius 3 is 3.00 bits per heavy atom. The van der Waals surface area contributed by atoms with E-state index in [4.69, 9.17) is 10.3 Å². The van der Waals surface area contributed by atoms with Gasteiger partial charge in [-0.15, -0.1) is 0 Å². The molecular formula is C6H9F2N3O. The van der Waals surface area contributed by atoms with Gasteiger partial charge < -0.3 is 4.74 Å². The van der Waals surface area contributed by atoms with Crippen molar-refractivity contribution in [2.24, 2.45) is 5.11 Å². The van der Waals surface area contributed by atoms with Crippen molar-refractivity contribution in [3.05, 3.63) is 10.4 Å². The normalized spacial score (nSPS) is 27.7. The van der Waals surface area contributed by atoms with Crippen molar-refractivity contribution < 1.29 is 13.5 Å². The predicted molar refractivity (Wildman–Crippen MR) is 37.9 cm³/mol. The Morgan fingerprint density at radius 1 is 1.67 bits per heavy atom. The molecule has 0 N–H and O–H groups in total. The number of alkyl halides is 2. The van der Waals surface area contributed by atoms with E-state index < -0.39 is 12.0 Å². The number of halogens is 2. The molecule has 1 rings (SSSR count). The molecule has 0 aliphatic carbocycles. The highest BCUT2D eigenvalue weighted by Gasteiger charge is 2.36. The largest absolute Gasteiger partial charge is 0.378 e. The van der Waals surface area contributed by atoms with E-state index in [-0.39, 0.29) is 26.0 Å². The van der Waals surface area contributed by atoms with Crippen molar-refractivity contribution in [3.63, 3.8) is 0 Å². The molecule has 0 radical (unpaired) electrons. The van der Waals surface area contributed by atoms with E-state index >= 15 is 0 Å². The Kier molecular flexibility index (Phi) is 2.83. The van der Waals surface area contributed by atoms with Gasteiger partial charge in [0.15, 0.2) is 0 Å². The van der Waals surface area contributed by atoms with Gasteiger partial charge in [-0.3, -0.25) is 0 Å². The maximum absolute atomic E-state index is 12.7. The highest BCUT2D eigenvalue weighted by atomic mass is 19.3. The molecule has 68 valence electrons. The summed E-state index contributed by atoms with van der Waals surface area (Å²) in [5, 5.41) is 3.18. The average Bonchev–Trinajstić information content (AvgIpc) is 1.99. The van der Waals surface area contributed by atoms with Crippen molar-refractivity contribution >= 4 is 0 Å². The topological polar surface area (TPSA) is 58.0 Å². The van der Waals surface area contributed by atoms with E-state index in [2.05, 4.69) is 10.0 Å². The molecule has 0 spiro atoms. The zero-order chi connectivity index (χ0) is 9.03. The Balaban J connectivity index is 2.41. The number of nitrogens with zero attached hydrogens (tertiary/aromatic N) is 3. The molecule has 0 saturated carbocycles. The van der Waals surface area contributed by atoms with Gasteiger partial charge in [-0.1, -0.05) is 5.11 Å². The van der Waals surface area contributed by atoms with Crippen molar-refractivity contribution in [2.45, 2.75) is 24.9 Å². The van der Waals surface area contributed by atoms with E-state index in [9.17, 15) is 8.78 Å². The summed E-state index contributed by atoms with van der Waals surface area (Å²) >= 11 is 0. The first kappa shape index (κ1) is 9.22. The van der Waals surface area contributed by atoms with Crippen LogP contribution in [0.25, 0.3) is 10.4 Å². The summed E-state index contributed by atoms with van der Waals surface area (Å²) < 4.78 is 30.3. The fourth-order valence-corrected chi connectivity index (χ4v) is 1.11. The molecule has 1 aliphatic rings. The zero-order valence-corrected chi connectivity index (χ0v) is 6.41. The number of rotatable bonds is 2. The maximum Gasteiger partial charge on any atom is 0.252 e. The van der Waals surface area contributed by atoms with Crippen LogP contribution in [0.15, 0.2) is 5.11 Å². The van der Waals surface area contributed by atoms with Crippen LogP contribution < -0.4 is 0 Å². The highest BCUT2D eigenvalue weighted by molar-refractivity contribution is 4.78. The van der Waals surface area contributed by atoms with Crippen LogP contribution in [0.3, 0.4) is 0 Å². The van der Waals surface area contributed by atoms with Gasteiger partial charge in [0, 0.05) is 17.8 Å². The van der Waals surface area contributed by atoms with Gasteiger partial charge in [-0.05, 0) is 5.53 Å². The Morgan fingerprint density at radius 2 is 2.42 bits per heavy atom. The Labute approximate surface area is 68.1 Å². The molecule has 1 fully saturated rings. The van der Waals surface area contributed by atoms with Gasteiger partial charge in [0.25, 0.3) is 5.92 Å². The molecule has 1 atom stereocenters. The molecular weight excluding hydrogens is 168 g/mol. The molecule has 4 nitrogen and oxygen atoms in total. The summed E-state index contributed by atoms with van der Waals surface area (Å²) in [6, 6.07) is 0. The smallest absolute Gasteiger partial charge is 0.252 e. The average molecular weight is 177 g/mol. The lowest BCUT2D eigenvalue weighted by atomic mass is 10.1. The number of azide groups is 1. The minimum atomic E-state index is -2.66.